The van der Waals surface area contributed by atoms with Crippen LogP contribution >= 0.6 is 0 Å². The summed E-state index contributed by atoms with van der Waals surface area (Å²) in [6.45, 7) is 2.01. The third-order valence-electron chi connectivity index (χ3n) is 12.7. The summed E-state index contributed by atoms with van der Waals surface area (Å²) in [5.41, 5.74) is 13.7. The van der Waals surface area contributed by atoms with E-state index in [4.69, 9.17) is 11.5 Å². The summed E-state index contributed by atoms with van der Waals surface area (Å²) in [5.74, 6) is -3.22. The number of carbonyl (C=O) groups excluding carboxylic acids is 7. The first-order valence-electron chi connectivity index (χ1n) is 22.6. The summed E-state index contributed by atoms with van der Waals surface area (Å²) in [5, 5.41) is 14.5. The van der Waals surface area contributed by atoms with Gasteiger partial charge in [-0.2, -0.15) is 0 Å². The molecule has 0 aromatic heterocycles. The van der Waals surface area contributed by atoms with E-state index in [2.05, 4.69) is 31.6 Å². The Kier molecular flexibility index (Phi) is 16.5. The Labute approximate surface area is 369 Å². The number of nitrogens with two attached hydrogens (primary N) is 2. The molecule has 9 N–H and O–H groups in total. The van der Waals surface area contributed by atoms with Crippen LogP contribution in [-0.2, 0) is 52.9 Å². The SMILES string of the molecule is CC(=O)N[C@@H](Cc1ccccc1)C(=O)NC1CCCNC(=O)[C@H](CCCN=C(N)N)NC(=O)[C@@H]2Cc3ccccc3CN2C(=O)[C@@H](CC2CCCCC2)NC(=O)[C@@H]2CCCN2C1=O. The topological polar surface area (TPSA) is 251 Å². The largest absolute Gasteiger partial charge is 0.370 e. The Morgan fingerprint density at radius 3 is 2.21 bits per heavy atom. The second-order valence-corrected chi connectivity index (χ2v) is 17.4. The number of nitrogens with zero attached hydrogens (tertiary/aromatic N) is 3. The number of nitrogens with one attached hydrogen (secondary N) is 5. The molecule has 0 bridgehead atoms. The van der Waals surface area contributed by atoms with E-state index >= 15 is 4.79 Å². The maximum atomic E-state index is 15.0. The predicted molar refractivity (Wildman–Crippen MR) is 236 cm³/mol. The number of hydrogen-bond acceptors (Lipinski definition) is 8. The molecule has 0 radical (unpaired) electrons. The molecule has 3 fully saturated rings. The molecule has 63 heavy (non-hydrogen) atoms. The fraction of sp³-hybridized carbons (Fsp3) is 0.565. The van der Waals surface area contributed by atoms with Crippen LogP contribution in [0, 0.1) is 5.92 Å². The molecular formula is C46H64N10O7. The third-order valence-corrected chi connectivity index (χ3v) is 12.7. The minimum absolute atomic E-state index is 0.0894. The first-order chi connectivity index (χ1) is 30.4. The second-order valence-electron chi connectivity index (χ2n) is 17.4. The summed E-state index contributed by atoms with van der Waals surface area (Å²) in [4.78, 5) is 106. The van der Waals surface area contributed by atoms with Crippen LogP contribution in [-0.4, -0.2) is 113 Å². The smallest absolute Gasteiger partial charge is 0.246 e. The first kappa shape index (κ1) is 46.5. The van der Waals surface area contributed by atoms with Gasteiger partial charge >= 0.3 is 0 Å². The molecular weight excluding hydrogens is 805 g/mol. The summed E-state index contributed by atoms with van der Waals surface area (Å²) < 4.78 is 0. The molecule has 7 amide bonds. The highest BCUT2D eigenvalue weighted by molar-refractivity contribution is 5.97. The van der Waals surface area contributed by atoms with Crippen molar-refractivity contribution in [2.75, 3.05) is 19.6 Å². The van der Waals surface area contributed by atoms with E-state index in [-0.39, 0.29) is 70.2 Å². The van der Waals surface area contributed by atoms with E-state index in [1.165, 1.54) is 16.7 Å². The van der Waals surface area contributed by atoms with Crippen molar-refractivity contribution in [3.05, 3.63) is 71.3 Å². The van der Waals surface area contributed by atoms with Crippen molar-refractivity contribution < 1.29 is 33.6 Å². The lowest BCUT2D eigenvalue weighted by Crippen LogP contribution is -2.61. The first-order valence-corrected chi connectivity index (χ1v) is 22.6. The molecule has 6 rings (SSSR count). The fourth-order valence-electron chi connectivity index (χ4n) is 9.45. The normalized spacial score (nSPS) is 24.5. The summed E-state index contributed by atoms with van der Waals surface area (Å²) in [6.07, 6.45) is 7.47. The number of carbonyl (C=O) groups is 7. The highest BCUT2D eigenvalue weighted by Crippen LogP contribution is 2.31. The van der Waals surface area contributed by atoms with Gasteiger partial charge in [-0.3, -0.25) is 38.6 Å². The fourth-order valence-corrected chi connectivity index (χ4v) is 9.45. The molecule has 1 unspecified atom stereocenters. The highest BCUT2D eigenvalue weighted by atomic mass is 16.2. The van der Waals surface area contributed by atoms with E-state index in [0.717, 1.165) is 48.8 Å². The molecule has 17 nitrogen and oxygen atoms in total. The number of guanidine groups is 1. The maximum Gasteiger partial charge on any atom is 0.246 e. The Bertz CT molecular complexity index is 1990. The van der Waals surface area contributed by atoms with Gasteiger partial charge in [0.1, 0.15) is 36.3 Å². The van der Waals surface area contributed by atoms with Crippen molar-refractivity contribution in [2.24, 2.45) is 22.4 Å². The lowest BCUT2D eigenvalue weighted by Gasteiger charge is -2.39. The van der Waals surface area contributed by atoms with Crippen LogP contribution in [0.25, 0.3) is 0 Å². The molecule has 4 aliphatic rings. The Morgan fingerprint density at radius 1 is 0.778 bits per heavy atom. The number of aliphatic imine (C=N–C) groups is 1. The van der Waals surface area contributed by atoms with E-state index in [9.17, 15) is 28.8 Å². The molecule has 0 spiro atoms. The number of benzene rings is 2. The zero-order valence-corrected chi connectivity index (χ0v) is 36.3. The van der Waals surface area contributed by atoms with Crippen LogP contribution in [0.5, 0.6) is 0 Å². The zero-order chi connectivity index (χ0) is 44.9. The molecule has 3 aliphatic heterocycles. The molecule has 1 aliphatic carbocycles. The monoisotopic (exact) mass is 868 g/mol. The van der Waals surface area contributed by atoms with E-state index < -0.39 is 77.6 Å². The van der Waals surface area contributed by atoms with E-state index in [1.54, 1.807) is 0 Å². The molecule has 3 heterocycles. The number of rotatable bonds is 11. The summed E-state index contributed by atoms with van der Waals surface area (Å²) >= 11 is 0. The van der Waals surface area contributed by atoms with Gasteiger partial charge in [-0.1, -0.05) is 86.7 Å². The van der Waals surface area contributed by atoms with E-state index in [1.807, 2.05) is 54.6 Å². The molecule has 340 valence electrons. The van der Waals surface area contributed by atoms with E-state index in [0.29, 0.717) is 25.7 Å². The molecule has 6 atom stereocenters. The summed E-state index contributed by atoms with van der Waals surface area (Å²) in [6, 6.07) is 10.8. The average molecular weight is 869 g/mol. The molecule has 2 aromatic carbocycles. The van der Waals surface area contributed by atoms with Gasteiger partial charge in [-0.05, 0) is 67.6 Å². The number of fused-ring (bicyclic) bond motifs is 3. The lowest BCUT2D eigenvalue weighted by atomic mass is 9.84. The standard InChI is InChI=1S/C46H64N10O7/c1-29(57)51-36(25-30-13-4-2-5-14-30)41(59)53-35-20-11-22-49-40(58)34(19-10-23-50-46(47)48)52-43(61)39-27-32-17-8-9-18-33(32)28-56(39)45(63)37(26-31-15-6-3-7-16-31)54-42(60)38-21-12-24-55(38)44(35)62/h2,4-5,8-9,13-14,17-18,31,34-39H,3,6-7,10-12,15-16,19-28H2,1H3,(H,49,58)(H,51,57)(H,52,61)(H,53,59)(H,54,60)(H4,47,48,50)/t34-,35?,36-,37+,38-,39-/m0/s1. The van der Waals surface area contributed by atoms with Crippen molar-refractivity contribution in [2.45, 2.75) is 140 Å². The number of amides is 7. The molecule has 2 aromatic rings. The van der Waals surface area contributed by atoms with Crippen LogP contribution in [0.4, 0.5) is 0 Å². The van der Waals surface area contributed by atoms with Gasteiger partial charge in [-0.15, -0.1) is 0 Å². The Morgan fingerprint density at radius 2 is 1.48 bits per heavy atom. The van der Waals surface area contributed by atoms with Crippen LogP contribution in [0.3, 0.4) is 0 Å². The average Bonchev–Trinajstić information content (AvgIpc) is 3.77. The predicted octanol–water partition coefficient (Wildman–Crippen LogP) is 1.07. The second kappa shape index (κ2) is 22.4. The number of hydrogen-bond donors (Lipinski definition) is 7. The minimum atomic E-state index is -1.11. The van der Waals surface area contributed by atoms with Gasteiger partial charge in [0.05, 0.1) is 0 Å². The highest BCUT2D eigenvalue weighted by Gasteiger charge is 2.43. The van der Waals surface area contributed by atoms with Gasteiger partial charge in [-0.25, -0.2) is 0 Å². The van der Waals surface area contributed by atoms with Crippen molar-refractivity contribution in [1.82, 2.24) is 36.4 Å². The van der Waals surface area contributed by atoms with Gasteiger partial charge in [0.25, 0.3) is 0 Å². The molecule has 17 heteroatoms. The lowest BCUT2D eigenvalue weighted by molar-refractivity contribution is -0.147. The van der Waals surface area contributed by atoms with Gasteiger partial charge in [0.2, 0.25) is 41.4 Å². The van der Waals surface area contributed by atoms with Crippen LogP contribution in [0.1, 0.15) is 101 Å². The van der Waals surface area contributed by atoms with Crippen LogP contribution < -0.4 is 38.1 Å². The Hall–Kier alpha value is -6.00. The third kappa shape index (κ3) is 12.8. The Balaban J connectivity index is 1.33. The van der Waals surface area contributed by atoms with Crippen LogP contribution in [0.2, 0.25) is 0 Å². The van der Waals surface area contributed by atoms with Crippen molar-refractivity contribution in [3.8, 4) is 0 Å². The quantitative estimate of drug-likeness (QED) is 0.0968. The molecule has 2 saturated heterocycles. The minimum Gasteiger partial charge on any atom is -0.370 e. The molecule has 1 saturated carbocycles. The van der Waals surface area contributed by atoms with Gasteiger partial charge in [0, 0.05) is 45.9 Å². The van der Waals surface area contributed by atoms with Crippen molar-refractivity contribution in [3.63, 3.8) is 0 Å². The van der Waals surface area contributed by atoms with Gasteiger partial charge < -0.3 is 47.9 Å². The maximum absolute atomic E-state index is 15.0. The van der Waals surface area contributed by atoms with Crippen molar-refractivity contribution in [1.29, 1.82) is 0 Å². The zero-order valence-electron chi connectivity index (χ0n) is 36.3. The van der Waals surface area contributed by atoms with Gasteiger partial charge in [0.15, 0.2) is 5.96 Å². The summed E-state index contributed by atoms with van der Waals surface area (Å²) in [7, 11) is 0. The van der Waals surface area contributed by atoms with Crippen molar-refractivity contribution >= 4 is 47.3 Å². The van der Waals surface area contributed by atoms with Crippen LogP contribution in [0.15, 0.2) is 59.6 Å².